The highest BCUT2D eigenvalue weighted by Gasteiger charge is 2.31. The molecule has 41 heavy (non-hydrogen) atoms. The number of ether oxygens (including phenoxy) is 2. The third-order valence-electron chi connectivity index (χ3n) is 6.95. The largest absolute Gasteiger partial charge is 0.489 e. The van der Waals surface area contributed by atoms with Crippen molar-refractivity contribution < 1.29 is 27.8 Å². The van der Waals surface area contributed by atoms with E-state index in [0.29, 0.717) is 41.9 Å². The van der Waals surface area contributed by atoms with Gasteiger partial charge in [-0.3, -0.25) is 18.9 Å². The summed E-state index contributed by atoms with van der Waals surface area (Å²) in [5, 5.41) is 4.39. The van der Waals surface area contributed by atoms with Crippen molar-refractivity contribution in [3.63, 3.8) is 0 Å². The quantitative estimate of drug-likeness (QED) is 0.375. The third kappa shape index (κ3) is 5.52. The number of amides is 2. The van der Waals surface area contributed by atoms with Crippen LogP contribution in [0.15, 0.2) is 48.0 Å². The molecule has 1 saturated heterocycles. The number of imidazole rings is 1. The van der Waals surface area contributed by atoms with Crippen LogP contribution in [0, 0.1) is 23.5 Å². The molecule has 0 aliphatic carbocycles. The fourth-order valence-electron chi connectivity index (χ4n) is 4.71. The van der Waals surface area contributed by atoms with Gasteiger partial charge in [-0.15, -0.1) is 11.3 Å². The highest BCUT2D eigenvalue weighted by Crippen LogP contribution is 2.32. The molecule has 1 atom stereocenters. The molecule has 2 aliphatic heterocycles. The van der Waals surface area contributed by atoms with Crippen molar-refractivity contribution in [1.29, 1.82) is 0 Å². The number of carbonyl (C=O) groups is 2. The van der Waals surface area contributed by atoms with Gasteiger partial charge in [-0.25, -0.2) is 13.8 Å². The summed E-state index contributed by atoms with van der Waals surface area (Å²) in [4.78, 5) is 34.9. The first kappa shape index (κ1) is 26.9. The van der Waals surface area contributed by atoms with Crippen LogP contribution in [0.5, 0.6) is 5.75 Å². The zero-order valence-corrected chi connectivity index (χ0v) is 22.8. The number of hydrogen-bond acceptors (Lipinski definition) is 7. The summed E-state index contributed by atoms with van der Waals surface area (Å²) < 4.78 is 40.6. The van der Waals surface area contributed by atoms with Gasteiger partial charge in [-0.1, -0.05) is 11.8 Å². The lowest BCUT2D eigenvalue weighted by atomic mass is 10.1. The molecular weight excluding hydrogens is 552 g/mol. The predicted octanol–water partition coefficient (Wildman–Crippen LogP) is 3.18. The van der Waals surface area contributed by atoms with Crippen molar-refractivity contribution in [2.24, 2.45) is 0 Å². The van der Waals surface area contributed by atoms with Crippen LogP contribution in [-0.4, -0.2) is 78.6 Å². The summed E-state index contributed by atoms with van der Waals surface area (Å²) in [5.74, 6) is 4.49. The van der Waals surface area contributed by atoms with Crippen LogP contribution >= 0.6 is 11.3 Å². The first-order valence-corrected chi connectivity index (χ1v) is 13.8. The van der Waals surface area contributed by atoms with Crippen LogP contribution in [0.4, 0.5) is 14.5 Å². The number of fused-ring (bicyclic) bond motifs is 2. The van der Waals surface area contributed by atoms with Crippen molar-refractivity contribution in [2.75, 3.05) is 51.4 Å². The Morgan fingerprint density at radius 1 is 1.20 bits per heavy atom. The molecular formula is C29H25F2N5O4S. The third-order valence-corrected chi connectivity index (χ3v) is 7.79. The number of likely N-dealkylation sites (N-methyl/N-ethyl adjacent to an activating group) is 1. The number of nitrogens with one attached hydrogen (secondary N) is 1. The van der Waals surface area contributed by atoms with Gasteiger partial charge >= 0.3 is 0 Å². The molecule has 210 valence electrons. The number of rotatable bonds is 4. The number of benzene rings is 2. The predicted molar refractivity (Wildman–Crippen MR) is 149 cm³/mol. The van der Waals surface area contributed by atoms with Crippen LogP contribution in [0.1, 0.15) is 16.1 Å². The van der Waals surface area contributed by atoms with Crippen molar-refractivity contribution in [3.05, 3.63) is 70.9 Å². The summed E-state index contributed by atoms with van der Waals surface area (Å²) in [7, 11) is 1.62. The van der Waals surface area contributed by atoms with Gasteiger partial charge in [0.25, 0.3) is 11.8 Å². The minimum absolute atomic E-state index is 0.0515. The van der Waals surface area contributed by atoms with E-state index in [4.69, 9.17) is 9.47 Å². The van der Waals surface area contributed by atoms with Gasteiger partial charge in [-0.05, 0) is 30.3 Å². The second-order valence-electron chi connectivity index (χ2n) is 9.63. The van der Waals surface area contributed by atoms with E-state index in [1.165, 1.54) is 34.6 Å². The molecule has 12 heteroatoms. The van der Waals surface area contributed by atoms with Crippen LogP contribution in [0.3, 0.4) is 0 Å². The van der Waals surface area contributed by atoms with Crippen molar-refractivity contribution in [2.45, 2.75) is 6.04 Å². The van der Waals surface area contributed by atoms with E-state index in [-0.39, 0.29) is 23.8 Å². The fourth-order valence-corrected chi connectivity index (χ4v) is 5.58. The van der Waals surface area contributed by atoms with E-state index in [2.05, 4.69) is 27.0 Å². The number of carbonyl (C=O) groups excluding carboxylic acids is 2. The maximum absolute atomic E-state index is 14.4. The molecule has 0 saturated carbocycles. The first-order valence-electron chi connectivity index (χ1n) is 12.9. The highest BCUT2D eigenvalue weighted by atomic mass is 32.1. The number of hydrogen-bond donors (Lipinski definition) is 1. The Hall–Kier alpha value is -4.31. The maximum Gasteiger partial charge on any atom is 0.272 e. The van der Waals surface area contributed by atoms with E-state index in [1.54, 1.807) is 29.0 Å². The number of thiazole rings is 1. The number of anilines is 1. The summed E-state index contributed by atoms with van der Waals surface area (Å²) in [5.41, 5.74) is 1.96. The van der Waals surface area contributed by atoms with Crippen molar-refractivity contribution >= 4 is 33.8 Å². The lowest BCUT2D eigenvalue weighted by Gasteiger charge is -2.24. The smallest absolute Gasteiger partial charge is 0.272 e. The fraction of sp³-hybridized carbons (Fsp3) is 0.276. The highest BCUT2D eigenvalue weighted by molar-refractivity contribution is 7.15. The number of aromatic nitrogens is 2. The van der Waals surface area contributed by atoms with Crippen LogP contribution < -0.4 is 15.0 Å². The van der Waals surface area contributed by atoms with Gasteiger partial charge in [-0.2, -0.15) is 0 Å². The Morgan fingerprint density at radius 2 is 2.02 bits per heavy atom. The van der Waals surface area contributed by atoms with Gasteiger partial charge < -0.3 is 19.7 Å². The Kier molecular flexibility index (Phi) is 7.40. The molecule has 2 amide bonds. The van der Waals surface area contributed by atoms with Gasteiger partial charge in [0, 0.05) is 48.9 Å². The average Bonchev–Trinajstić information content (AvgIpc) is 3.54. The normalized spacial score (nSPS) is 17.4. The van der Waals surface area contributed by atoms with E-state index >= 15 is 0 Å². The molecule has 2 aromatic carbocycles. The second-order valence-corrected chi connectivity index (χ2v) is 10.5. The number of nitrogens with zero attached hydrogens (tertiary/aromatic N) is 4. The average molecular weight is 578 g/mol. The molecule has 0 bridgehead atoms. The number of morpholine rings is 1. The van der Waals surface area contributed by atoms with Crippen LogP contribution in [0.2, 0.25) is 0 Å². The zero-order valence-electron chi connectivity index (χ0n) is 22.0. The van der Waals surface area contributed by atoms with Crippen molar-refractivity contribution in [1.82, 2.24) is 19.6 Å². The molecule has 1 fully saturated rings. The molecule has 6 rings (SSSR count). The topological polar surface area (TPSA) is 88.4 Å². The van der Waals surface area contributed by atoms with E-state index in [9.17, 15) is 18.4 Å². The van der Waals surface area contributed by atoms with Gasteiger partial charge in [0.2, 0.25) is 0 Å². The number of halogens is 2. The molecule has 0 radical (unpaired) electrons. The Bertz CT molecular complexity index is 1700. The molecule has 2 aromatic heterocycles. The lowest BCUT2D eigenvalue weighted by Crippen LogP contribution is -2.49. The Labute approximate surface area is 238 Å². The molecule has 1 unspecified atom stereocenters. The Balaban J connectivity index is 1.16. The zero-order chi connectivity index (χ0) is 28.5. The van der Waals surface area contributed by atoms with Crippen LogP contribution in [0.25, 0.3) is 16.2 Å². The minimum Gasteiger partial charge on any atom is -0.489 e. The lowest BCUT2D eigenvalue weighted by molar-refractivity contribution is -0.120. The standard InChI is InChI=1S/C29H25F2N5O4S/c1-34-24-13-18(3-2-8-35-9-11-39-12-10-35)4-7-26(24)40-16-23(28(34)38)32-27(37)22-15-36-25(17-41-29(36)33-22)20-6-5-19(30)14-21(20)31/h4-7,13-15,17,23H,8-12,16H2,1H3,(H,32,37). The van der Waals surface area contributed by atoms with Gasteiger partial charge in [0.15, 0.2) is 4.96 Å². The summed E-state index contributed by atoms with van der Waals surface area (Å²) in [6, 6.07) is 7.73. The van der Waals surface area contributed by atoms with Crippen molar-refractivity contribution in [3.8, 4) is 28.8 Å². The summed E-state index contributed by atoms with van der Waals surface area (Å²) in [6.07, 6.45) is 1.46. The monoisotopic (exact) mass is 577 g/mol. The molecule has 1 N–H and O–H groups in total. The second kappa shape index (κ2) is 11.3. The van der Waals surface area contributed by atoms with E-state index in [1.807, 2.05) is 6.07 Å². The maximum atomic E-state index is 14.4. The summed E-state index contributed by atoms with van der Waals surface area (Å²) >= 11 is 1.21. The van der Waals surface area contributed by atoms with Crippen LogP contribution in [-0.2, 0) is 9.53 Å². The Morgan fingerprint density at radius 3 is 2.83 bits per heavy atom. The SMILES string of the molecule is CN1C(=O)C(NC(=O)c2cn3c(-c4ccc(F)cc4F)csc3n2)COc2ccc(C#CCN3CCOCC3)cc21. The molecule has 4 aromatic rings. The molecule has 2 aliphatic rings. The minimum atomic E-state index is -0.968. The van der Waals surface area contributed by atoms with Gasteiger partial charge in [0.1, 0.15) is 35.7 Å². The van der Waals surface area contributed by atoms with E-state index < -0.39 is 23.6 Å². The molecule has 4 heterocycles. The summed E-state index contributed by atoms with van der Waals surface area (Å²) in [6.45, 7) is 3.67. The molecule has 9 nitrogen and oxygen atoms in total. The molecule has 0 spiro atoms. The van der Waals surface area contributed by atoms with E-state index in [0.717, 1.165) is 24.7 Å². The first-order chi connectivity index (χ1) is 19.9. The van der Waals surface area contributed by atoms with Gasteiger partial charge in [0.05, 0.1) is 31.1 Å².